The van der Waals surface area contributed by atoms with Crippen LogP contribution >= 0.6 is 0 Å². The SMILES string of the molecule is CC1(C)c2cc(Nc3cc(C4CCCCC4)cc(C4CCCCC4)c3)ccc2-c2cccc(-c3ccccc3)c21. The molecule has 4 aromatic carbocycles. The normalized spacial score (nSPS) is 18.8. The second kappa shape index (κ2) is 10.6. The van der Waals surface area contributed by atoms with Crippen LogP contribution in [0.25, 0.3) is 22.3 Å². The predicted molar refractivity (Wildman–Crippen MR) is 171 cm³/mol. The zero-order chi connectivity index (χ0) is 27.1. The monoisotopic (exact) mass is 525 g/mol. The maximum absolute atomic E-state index is 3.90. The average Bonchev–Trinajstić information content (AvgIpc) is 3.24. The summed E-state index contributed by atoms with van der Waals surface area (Å²) in [5.74, 6) is 1.45. The van der Waals surface area contributed by atoms with Crippen molar-refractivity contribution in [2.45, 2.75) is 95.3 Å². The zero-order valence-corrected chi connectivity index (χ0v) is 24.3. The topological polar surface area (TPSA) is 12.0 Å². The molecule has 0 unspecified atom stereocenters. The van der Waals surface area contributed by atoms with Crippen LogP contribution in [0, 0.1) is 0 Å². The van der Waals surface area contributed by atoms with Crippen LogP contribution in [0.5, 0.6) is 0 Å². The Morgan fingerprint density at radius 1 is 0.550 bits per heavy atom. The lowest BCUT2D eigenvalue weighted by Crippen LogP contribution is -2.16. The molecule has 1 heteroatoms. The van der Waals surface area contributed by atoms with Crippen LogP contribution in [0.4, 0.5) is 11.4 Å². The molecule has 7 rings (SSSR count). The first-order chi connectivity index (χ1) is 19.6. The molecule has 2 saturated carbocycles. The molecule has 0 aliphatic heterocycles. The maximum Gasteiger partial charge on any atom is 0.0389 e. The lowest BCUT2D eigenvalue weighted by Gasteiger charge is -2.27. The minimum atomic E-state index is -0.0635. The molecule has 3 aliphatic carbocycles. The molecule has 204 valence electrons. The van der Waals surface area contributed by atoms with Gasteiger partial charge in [0.2, 0.25) is 0 Å². The first kappa shape index (κ1) is 25.6. The lowest BCUT2D eigenvalue weighted by atomic mass is 9.78. The van der Waals surface area contributed by atoms with E-state index in [1.54, 1.807) is 11.1 Å². The van der Waals surface area contributed by atoms with Crippen molar-refractivity contribution in [3.8, 4) is 22.3 Å². The van der Waals surface area contributed by atoms with Crippen LogP contribution in [-0.2, 0) is 5.41 Å². The van der Waals surface area contributed by atoms with Crippen LogP contribution in [0.15, 0.2) is 84.9 Å². The maximum atomic E-state index is 3.90. The molecule has 40 heavy (non-hydrogen) atoms. The highest BCUT2D eigenvalue weighted by molar-refractivity contribution is 5.89. The molecule has 0 atom stereocenters. The van der Waals surface area contributed by atoms with Gasteiger partial charge in [0.25, 0.3) is 0 Å². The number of nitrogens with one attached hydrogen (secondary N) is 1. The molecule has 0 saturated heterocycles. The fraction of sp³-hybridized carbons (Fsp3) is 0.385. The van der Waals surface area contributed by atoms with Gasteiger partial charge in [-0.15, -0.1) is 0 Å². The highest BCUT2D eigenvalue weighted by Gasteiger charge is 2.37. The van der Waals surface area contributed by atoms with E-state index in [-0.39, 0.29) is 5.41 Å². The molecular formula is C39H43N. The van der Waals surface area contributed by atoms with E-state index >= 15 is 0 Å². The van der Waals surface area contributed by atoms with Crippen molar-refractivity contribution in [3.05, 3.63) is 107 Å². The Bertz CT molecular complexity index is 1460. The van der Waals surface area contributed by atoms with Gasteiger partial charge in [-0.05, 0) is 106 Å². The van der Waals surface area contributed by atoms with E-state index in [4.69, 9.17) is 0 Å². The Balaban J connectivity index is 1.24. The van der Waals surface area contributed by atoms with Crippen molar-refractivity contribution in [3.63, 3.8) is 0 Å². The quantitative estimate of drug-likeness (QED) is 0.273. The Kier molecular flexibility index (Phi) is 6.78. The molecule has 0 radical (unpaired) electrons. The second-order valence-corrected chi connectivity index (χ2v) is 13.2. The fourth-order valence-corrected chi connectivity index (χ4v) is 8.08. The van der Waals surface area contributed by atoms with Crippen LogP contribution in [0.1, 0.15) is 112 Å². The van der Waals surface area contributed by atoms with Gasteiger partial charge in [0.15, 0.2) is 0 Å². The Labute approximate surface area is 241 Å². The molecule has 1 N–H and O–H groups in total. The molecule has 4 aromatic rings. The first-order valence-corrected chi connectivity index (χ1v) is 15.8. The standard InChI is InChI=1S/C39H43N/c1-39(2)37-26-32(21-22-35(37)36-20-12-19-34(38(36)39)29-17-10-5-11-18-29)40-33-24-30(27-13-6-3-7-14-27)23-31(25-33)28-15-8-4-9-16-28/h5,10-12,17-28,40H,3-4,6-9,13-16H2,1-2H3. The third-order valence-corrected chi connectivity index (χ3v) is 10.2. The minimum Gasteiger partial charge on any atom is -0.356 e. The molecule has 0 bridgehead atoms. The van der Waals surface area contributed by atoms with Gasteiger partial charge in [0, 0.05) is 16.8 Å². The molecule has 1 nitrogen and oxygen atoms in total. The number of rotatable bonds is 5. The molecule has 0 amide bonds. The fourth-order valence-electron chi connectivity index (χ4n) is 8.08. The Hall–Kier alpha value is -3.32. The molecule has 0 spiro atoms. The van der Waals surface area contributed by atoms with Crippen molar-refractivity contribution in [2.24, 2.45) is 0 Å². The first-order valence-electron chi connectivity index (χ1n) is 15.8. The third-order valence-electron chi connectivity index (χ3n) is 10.2. The summed E-state index contributed by atoms with van der Waals surface area (Å²) in [5, 5.41) is 3.90. The summed E-state index contributed by atoms with van der Waals surface area (Å²) >= 11 is 0. The molecular weight excluding hydrogens is 482 g/mol. The second-order valence-electron chi connectivity index (χ2n) is 13.2. The summed E-state index contributed by atoms with van der Waals surface area (Å²) in [6, 6.07) is 32.3. The smallest absolute Gasteiger partial charge is 0.0389 e. The van der Waals surface area contributed by atoms with Crippen molar-refractivity contribution in [1.29, 1.82) is 0 Å². The van der Waals surface area contributed by atoms with Gasteiger partial charge >= 0.3 is 0 Å². The summed E-state index contributed by atoms with van der Waals surface area (Å²) in [6.07, 6.45) is 13.7. The molecule has 0 aromatic heterocycles. The van der Waals surface area contributed by atoms with Crippen LogP contribution in [0.2, 0.25) is 0 Å². The number of fused-ring (bicyclic) bond motifs is 3. The van der Waals surface area contributed by atoms with E-state index in [2.05, 4.69) is 104 Å². The van der Waals surface area contributed by atoms with E-state index in [1.165, 1.54) is 109 Å². The van der Waals surface area contributed by atoms with Gasteiger partial charge < -0.3 is 5.32 Å². The number of benzene rings is 4. The van der Waals surface area contributed by atoms with Crippen molar-refractivity contribution in [2.75, 3.05) is 5.32 Å². The predicted octanol–water partition coefficient (Wildman–Crippen LogP) is 11.5. The van der Waals surface area contributed by atoms with Crippen molar-refractivity contribution < 1.29 is 0 Å². The van der Waals surface area contributed by atoms with Gasteiger partial charge in [0.1, 0.15) is 0 Å². The van der Waals surface area contributed by atoms with Gasteiger partial charge in [-0.3, -0.25) is 0 Å². The van der Waals surface area contributed by atoms with Crippen molar-refractivity contribution >= 4 is 11.4 Å². The van der Waals surface area contributed by atoms with Gasteiger partial charge in [-0.1, -0.05) is 113 Å². The number of anilines is 2. The summed E-state index contributed by atoms with van der Waals surface area (Å²) in [6.45, 7) is 4.80. The molecule has 2 fully saturated rings. The third kappa shape index (κ3) is 4.68. The van der Waals surface area contributed by atoms with E-state index in [0.29, 0.717) is 0 Å². The zero-order valence-electron chi connectivity index (χ0n) is 24.3. The minimum absolute atomic E-state index is 0.0635. The lowest BCUT2D eigenvalue weighted by molar-refractivity contribution is 0.435. The van der Waals surface area contributed by atoms with Gasteiger partial charge in [-0.2, -0.15) is 0 Å². The van der Waals surface area contributed by atoms with Gasteiger partial charge in [0.05, 0.1) is 0 Å². The number of hydrogen-bond acceptors (Lipinski definition) is 1. The van der Waals surface area contributed by atoms with Crippen LogP contribution < -0.4 is 5.32 Å². The summed E-state index contributed by atoms with van der Waals surface area (Å²) in [7, 11) is 0. The van der Waals surface area contributed by atoms with Crippen LogP contribution in [-0.4, -0.2) is 0 Å². The van der Waals surface area contributed by atoms with Crippen molar-refractivity contribution in [1.82, 2.24) is 0 Å². The van der Waals surface area contributed by atoms with E-state index < -0.39 is 0 Å². The Morgan fingerprint density at radius 2 is 1.18 bits per heavy atom. The summed E-state index contributed by atoms with van der Waals surface area (Å²) in [5.41, 5.74) is 13.9. The van der Waals surface area contributed by atoms with Gasteiger partial charge in [-0.25, -0.2) is 0 Å². The van der Waals surface area contributed by atoms with E-state index in [0.717, 1.165) is 11.8 Å². The largest absolute Gasteiger partial charge is 0.356 e. The number of hydrogen-bond donors (Lipinski definition) is 1. The van der Waals surface area contributed by atoms with Crippen LogP contribution in [0.3, 0.4) is 0 Å². The molecule has 0 heterocycles. The van der Waals surface area contributed by atoms with E-state index in [1.807, 2.05) is 0 Å². The highest BCUT2D eigenvalue weighted by Crippen LogP contribution is 2.53. The average molecular weight is 526 g/mol. The van der Waals surface area contributed by atoms with E-state index in [9.17, 15) is 0 Å². The summed E-state index contributed by atoms with van der Waals surface area (Å²) in [4.78, 5) is 0. The Morgan fingerprint density at radius 3 is 1.82 bits per heavy atom. The summed E-state index contributed by atoms with van der Waals surface area (Å²) < 4.78 is 0. The molecule has 3 aliphatic rings. The highest BCUT2D eigenvalue weighted by atomic mass is 14.9.